The van der Waals surface area contributed by atoms with Gasteiger partial charge in [0, 0.05) is 13.0 Å². The fourth-order valence-electron chi connectivity index (χ4n) is 6.52. The summed E-state index contributed by atoms with van der Waals surface area (Å²) < 4.78 is 33.9. The zero-order chi connectivity index (χ0) is 44.5. The number of hydrogen-bond acceptors (Lipinski definition) is 14. The van der Waals surface area contributed by atoms with Crippen LogP contribution in [0.3, 0.4) is 0 Å². The quantitative estimate of drug-likeness (QED) is 0.0258. The molecule has 14 nitrogen and oxygen atoms in total. The smallest absolute Gasteiger partial charge is 0.306 e. The predicted molar refractivity (Wildman–Crippen MR) is 233 cm³/mol. The van der Waals surface area contributed by atoms with Crippen molar-refractivity contribution in [3.05, 3.63) is 72.9 Å². The van der Waals surface area contributed by atoms with Crippen molar-refractivity contribution in [2.45, 2.75) is 184 Å². The number of allylic oxidation sites excluding steroid dienone is 12. The maximum absolute atomic E-state index is 12.7. The second-order valence-electron chi connectivity index (χ2n) is 15.5. The van der Waals surface area contributed by atoms with Gasteiger partial charge in [-0.2, -0.15) is 0 Å². The van der Waals surface area contributed by atoms with Crippen molar-refractivity contribution >= 4 is 5.97 Å². The SMILES string of the molecule is CC/C=C\C/C=C\C/C=C\C/C=C\C/C=C\C/C=C\CCCCCOCC(COC1OC(COC2OC(CO)C(O)C(O)C2O)C(O)C(O)C1O)OC(=O)CCCCCCC. The van der Waals surface area contributed by atoms with Crippen LogP contribution in [0.5, 0.6) is 0 Å². The van der Waals surface area contributed by atoms with Crippen LogP contribution in [-0.2, 0) is 33.2 Å². The molecule has 2 aliphatic heterocycles. The minimum atomic E-state index is -1.71. The summed E-state index contributed by atoms with van der Waals surface area (Å²) >= 11 is 0. The zero-order valence-corrected chi connectivity index (χ0v) is 36.6. The van der Waals surface area contributed by atoms with Crippen LogP contribution in [0.4, 0.5) is 0 Å². The first kappa shape index (κ1) is 54.6. The fourth-order valence-corrected chi connectivity index (χ4v) is 6.52. The summed E-state index contributed by atoms with van der Waals surface area (Å²) in [6.07, 6.45) is 24.6. The van der Waals surface area contributed by atoms with Gasteiger partial charge in [-0.3, -0.25) is 4.79 Å². The van der Waals surface area contributed by atoms with E-state index in [9.17, 15) is 40.5 Å². The molecule has 350 valence electrons. The highest BCUT2D eigenvalue weighted by atomic mass is 16.7. The Bertz CT molecular complexity index is 1280. The van der Waals surface area contributed by atoms with E-state index in [0.717, 1.165) is 89.9 Å². The molecule has 11 atom stereocenters. The van der Waals surface area contributed by atoms with Crippen LogP contribution in [0.2, 0.25) is 0 Å². The molecule has 7 N–H and O–H groups in total. The molecule has 2 rings (SSSR count). The van der Waals surface area contributed by atoms with E-state index >= 15 is 0 Å². The van der Waals surface area contributed by atoms with E-state index in [1.807, 2.05) is 0 Å². The number of ether oxygens (including phenoxy) is 6. The van der Waals surface area contributed by atoms with Crippen LogP contribution in [0, 0.1) is 0 Å². The molecule has 2 fully saturated rings. The average molecular weight is 867 g/mol. The van der Waals surface area contributed by atoms with Crippen molar-refractivity contribution in [2.24, 2.45) is 0 Å². The Morgan fingerprint density at radius 2 is 1.07 bits per heavy atom. The van der Waals surface area contributed by atoms with Crippen LogP contribution >= 0.6 is 0 Å². The number of carbonyl (C=O) groups excluding carboxylic acids is 1. The Hall–Kier alpha value is -2.57. The molecule has 0 aromatic carbocycles. The van der Waals surface area contributed by atoms with Gasteiger partial charge >= 0.3 is 5.97 Å². The summed E-state index contributed by atoms with van der Waals surface area (Å²) in [7, 11) is 0. The summed E-state index contributed by atoms with van der Waals surface area (Å²) in [4.78, 5) is 12.7. The monoisotopic (exact) mass is 867 g/mol. The van der Waals surface area contributed by atoms with Gasteiger partial charge in [0.05, 0.1) is 26.4 Å². The average Bonchev–Trinajstić information content (AvgIpc) is 3.25. The zero-order valence-electron chi connectivity index (χ0n) is 36.6. The molecule has 0 aromatic heterocycles. The molecular formula is C47H78O14. The van der Waals surface area contributed by atoms with Gasteiger partial charge in [0.1, 0.15) is 54.9 Å². The molecule has 0 aromatic rings. The van der Waals surface area contributed by atoms with Gasteiger partial charge in [0.15, 0.2) is 12.6 Å². The highest BCUT2D eigenvalue weighted by molar-refractivity contribution is 5.69. The summed E-state index contributed by atoms with van der Waals surface area (Å²) in [5.41, 5.74) is 0. The molecule has 0 radical (unpaired) electrons. The van der Waals surface area contributed by atoms with Crippen LogP contribution in [0.15, 0.2) is 72.9 Å². The molecule has 2 aliphatic rings. The number of hydrogen-bond donors (Lipinski definition) is 7. The van der Waals surface area contributed by atoms with E-state index in [2.05, 4.69) is 86.8 Å². The maximum Gasteiger partial charge on any atom is 0.306 e. The maximum atomic E-state index is 12.7. The van der Waals surface area contributed by atoms with Gasteiger partial charge in [0.25, 0.3) is 0 Å². The van der Waals surface area contributed by atoms with Gasteiger partial charge in [0.2, 0.25) is 0 Å². The first-order chi connectivity index (χ1) is 29.6. The lowest BCUT2D eigenvalue weighted by Crippen LogP contribution is -2.61. The Morgan fingerprint density at radius 1 is 0.557 bits per heavy atom. The van der Waals surface area contributed by atoms with Crippen LogP contribution in [0.25, 0.3) is 0 Å². The van der Waals surface area contributed by atoms with Crippen molar-refractivity contribution in [1.29, 1.82) is 0 Å². The first-order valence-electron chi connectivity index (χ1n) is 22.5. The third kappa shape index (κ3) is 23.6. The molecule has 2 saturated heterocycles. The van der Waals surface area contributed by atoms with Crippen LogP contribution in [0.1, 0.15) is 117 Å². The van der Waals surface area contributed by atoms with Crippen LogP contribution in [-0.4, -0.2) is 142 Å². The topological polar surface area (TPSA) is 214 Å². The number of aliphatic hydroxyl groups excluding tert-OH is 7. The van der Waals surface area contributed by atoms with E-state index < -0.39 is 86.7 Å². The number of carbonyl (C=O) groups is 1. The number of unbranched alkanes of at least 4 members (excludes halogenated alkanes) is 7. The molecule has 0 bridgehead atoms. The highest BCUT2D eigenvalue weighted by Gasteiger charge is 2.47. The van der Waals surface area contributed by atoms with Crippen molar-refractivity contribution in [2.75, 3.05) is 33.0 Å². The molecule has 14 heteroatoms. The molecule has 0 spiro atoms. The first-order valence-corrected chi connectivity index (χ1v) is 22.5. The van der Waals surface area contributed by atoms with E-state index in [1.165, 1.54) is 0 Å². The van der Waals surface area contributed by atoms with E-state index in [0.29, 0.717) is 13.0 Å². The summed E-state index contributed by atoms with van der Waals surface area (Å²) in [6, 6.07) is 0. The second-order valence-corrected chi connectivity index (χ2v) is 15.5. The van der Waals surface area contributed by atoms with E-state index in [1.54, 1.807) is 0 Å². The summed E-state index contributed by atoms with van der Waals surface area (Å²) in [6.45, 7) is 3.34. The lowest BCUT2D eigenvalue weighted by molar-refractivity contribution is -0.332. The molecular weight excluding hydrogens is 789 g/mol. The number of rotatable bonds is 33. The lowest BCUT2D eigenvalue weighted by Gasteiger charge is -2.42. The van der Waals surface area contributed by atoms with Gasteiger partial charge in [-0.25, -0.2) is 0 Å². The summed E-state index contributed by atoms with van der Waals surface area (Å²) in [5, 5.41) is 71.7. The van der Waals surface area contributed by atoms with Gasteiger partial charge in [-0.15, -0.1) is 0 Å². The Kier molecular flexibility index (Phi) is 31.2. The highest BCUT2D eigenvalue weighted by Crippen LogP contribution is 2.26. The second kappa shape index (κ2) is 34.9. The number of esters is 1. The number of aliphatic hydroxyl groups is 7. The molecule has 11 unspecified atom stereocenters. The fraction of sp³-hybridized carbons (Fsp3) is 0.723. The van der Waals surface area contributed by atoms with E-state index in [-0.39, 0.29) is 19.6 Å². The van der Waals surface area contributed by atoms with E-state index in [4.69, 9.17) is 28.4 Å². The van der Waals surface area contributed by atoms with Gasteiger partial charge < -0.3 is 64.2 Å². The molecule has 0 aliphatic carbocycles. The molecule has 0 saturated carbocycles. The third-order valence-electron chi connectivity index (χ3n) is 10.2. The van der Waals surface area contributed by atoms with Crippen LogP contribution < -0.4 is 0 Å². The summed E-state index contributed by atoms with van der Waals surface area (Å²) in [5.74, 6) is -0.406. The standard InChI is InChI=1S/C47H78O14/c1-3-5-7-9-10-11-12-13-14-15-16-17-18-19-20-21-22-23-24-25-27-29-31-56-33-36(59-39(49)30-28-26-8-6-4-2)34-57-46-45(55)43(53)41(51)38(61-46)35-58-47-44(54)42(52)40(50)37(32-48)60-47/h5,7,10-11,13-14,16-17,19-20,22-23,36-38,40-48,50-55H,3-4,6,8-9,12,15,18,21,24-35H2,1-2H3/b7-5-,11-10-,14-13-,17-16-,20-19-,23-22-. The van der Waals surface area contributed by atoms with Crippen molar-refractivity contribution < 1.29 is 69.0 Å². The third-order valence-corrected chi connectivity index (χ3v) is 10.2. The van der Waals surface area contributed by atoms with Gasteiger partial charge in [-0.1, -0.05) is 119 Å². The normalized spacial score (nSPS) is 28.1. The van der Waals surface area contributed by atoms with Crippen molar-refractivity contribution in [1.82, 2.24) is 0 Å². The predicted octanol–water partition coefficient (Wildman–Crippen LogP) is 5.17. The largest absolute Gasteiger partial charge is 0.457 e. The minimum Gasteiger partial charge on any atom is -0.457 e. The molecule has 0 amide bonds. The Balaban J connectivity index is 1.73. The molecule has 61 heavy (non-hydrogen) atoms. The van der Waals surface area contributed by atoms with Crippen molar-refractivity contribution in [3.63, 3.8) is 0 Å². The van der Waals surface area contributed by atoms with Gasteiger partial charge in [-0.05, 0) is 64.2 Å². The Labute approximate surface area is 364 Å². The molecule has 2 heterocycles. The van der Waals surface area contributed by atoms with Crippen molar-refractivity contribution in [3.8, 4) is 0 Å². The Morgan fingerprint density at radius 3 is 1.64 bits per heavy atom. The minimum absolute atomic E-state index is 0.0341. The lowest BCUT2D eigenvalue weighted by atomic mass is 9.98.